The van der Waals surface area contributed by atoms with Crippen LogP contribution in [0.4, 0.5) is 0 Å². The number of sulfonamides is 1. The molecule has 0 fully saturated rings. The molecule has 12 heteroatoms. The summed E-state index contributed by atoms with van der Waals surface area (Å²) in [5, 5.41) is 1.12. The molecule has 0 saturated heterocycles. The van der Waals surface area contributed by atoms with Crippen LogP contribution in [0.3, 0.4) is 0 Å². The Labute approximate surface area is 188 Å². The minimum Gasteiger partial charge on any atom is -0.312 e. The number of nitrogens with zero attached hydrogens (tertiary/aromatic N) is 3. The molecule has 0 aromatic carbocycles. The van der Waals surface area contributed by atoms with Gasteiger partial charge in [0.15, 0.2) is 0 Å². The van der Waals surface area contributed by atoms with Gasteiger partial charge in [0.25, 0.3) is 10.1 Å². The third-order valence-corrected chi connectivity index (χ3v) is 2.84. The summed E-state index contributed by atoms with van der Waals surface area (Å²) in [6, 6.07) is 0. The second kappa shape index (κ2) is 28.4. The molecule has 0 bridgehead atoms. The molecule has 0 aromatic heterocycles. The van der Waals surface area contributed by atoms with E-state index in [9.17, 15) is 16.8 Å². The van der Waals surface area contributed by atoms with Crippen LogP contribution < -0.4 is 0 Å². The van der Waals surface area contributed by atoms with E-state index in [1.54, 1.807) is 0 Å². The summed E-state index contributed by atoms with van der Waals surface area (Å²) in [7, 11) is 6.58. The molecular weight excluding hydrogens is 449 g/mol. The summed E-state index contributed by atoms with van der Waals surface area (Å²) in [5.41, 5.74) is 0. The highest BCUT2D eigenvalue weighted by Crippen LogP contribution is 2.14. The first-order chi connectivity index (χ1) is 12.7. The minimum atomic E-state index is -3.30. The van der Waals surface area contributed by atoms with E-state index in [0.29, 0.717) is 17.4 Å². The van der Waals surface area contributed by atoms with Gasteiger partial charge < -0.3 is 4.90 Å². The number of hydrogen-bond acceptors (Lipinski definition) is 7. The predicted molar refractivity (Wildman–Crippen MR) is 139 cm³/mol. The third-order valence-electron chi connectivity index (χ3n) is 0.948. The molecule has 0 aliphatic rings. The molecule has 0 aromatic rings. The van der Waals surface area contributed by atoms with Gasteiger partial charge in [-0.15, -0.1) is 7.92 Å². The molecule has 8 nitrogen and oxygen atoms in total. The van der Waals surface area contributed by atoms with Crippen LogP contribution in [0.2, 0.25) is 13.1 Å². The van der Waals surface area contributed by atoms with Crippen molar-refractivity contribution >= 4 is 37.6 Å². The maximum absolute atomic E-state index is 10.3. The molecule has 0 spiro atoms. The normalized spacial score (nSPS) is 10.2. The van der Waals surface area contributed by atoms with Crippen LogP contribution in [0, 0.1) is 0 Å². The van der Waals surface area contributed by atoms with E-state index in [0.717, 1.165) is 21.9 Å². The van der Waals surface area contributed by atoms with Gasteiger partial charge in [-0.3, -0.25) is 0 Å². The van der Waals surface area contributed by atoms with Crippen LogP contribution in [0.25, 0.3) is 0 Å². The molecule has 0 heterocycles. The quantitative estimate of drug-likeness (QED) is 0.333. The molecule has 0 aliphatic carbocycles. The second-order valence-corrected chi connectivity index (χ2v) is 15.1. The molecule has 0 atom stereocenters. The van der Waals surface area contributed by atoms with Gasteiger partial charge in [0.2, 0.25) is 10.0 Å². The van der Waals surface area contributed by atoms with Gasteiger partial charge in [-0.05, 0) is 41.1 Å². The lowest BCUT2D eigenvalue weighted by Gasteiger charge is -2.05. The highest BCUT2D eigenvalue weighted by molar-refractivity contribution is 7.88. The maximum Gasteiger partial charge on any atom is 0.280 e. The summed E-state index contributed by atoms with van der Waals surface area (Å²) >= 11 is 0. The fourth-order valence-electron chi connectivity index (χ4n) is 0.271. The summed E-state index contributed by atoms with van der Waals surface area (Å²) in [6.07, 6.45) is 3.40. The first-order valence-electron chi connectivity index (χ1n) is 9.32. The lowest BCUT2D eigenvalue weighted by molar-refractivity contribution is 0.00636. The van der Waals surface area contributed by atoms with Gasteiger partial charge in [-0.25, -0.2) is 12.7 Å². The van der Waals surface area contributed by atoms with Gasteiger partial charge in [-0.1, -0.05) is 33.4 Å². The molecule has 0 unspecified atom stereocenters. The van der Waals surface area contributed by atoms with Crippen LogP contribution in [0.1, 0.15) is 20.3 Å². The standard InChI is InChI=1S/C3H9NO3S.C3H9NO2S.C3H9N.C3H9P.C3H8.C2H8Si/c1-4(2)7-8(3,5)6;1-4(2)7(3,5)6;2*1-4(2)3;2*1-3-2/h1-3H3;1-3H3;2*1-3H3;2*3H2,1-2H3. The average molecular weight is 502 g/mol. The smallest absolute Gasteiger partial charge is 0.280 e. The Morgan fingerprint density at radius 3 is 0.931 bits per heavy atom. The van der Waals surface area contributed by atoms with Crippen molar-refractivity contribution in [2.45, 2.75) is 33.4 Å². The Hall–Kier alpha value is 0.387. The summed E-state index contributed by atoms with van der Waals surface area (Å²) in [4.78, 5) is 2.00. The Morgan fingerprint density at radius 2 is 0.931 bits per heavy atom. The number of rotatable bonds is 3. The predicted octanol–water partition coefficient (Wildman–Crippen LogP) is 2.15. The van der Waals surface area contributed by atoms with Gasteiger partial charge in [0, 0.05) is 37.7 Å². The zero-order chi connectivity index (χ0) is 25.4. The van der Waals surface area contributed by atoms with Gasteiger partial charge >= 0.3 is 0 Å². The lowest BCUT2D eigenvalue weighted by Crippen LogP contribution is -2.19. The monoisotopic (exact) mass is 501 g/mol. The Kier molecular flexibility index (Phi) is 42.4. The van der Waals surface area contributed by atoms with Crippen LogP contribution >= 0.6 is 7.92 Å². The van der Waals surface area contributed by atoms with Crippen LogP contribution in [-0.4, -0.2) is 122 Å². The van der Waals surface area contributed by atoms with E-state index >= 15 is 0 Å². The molecule has 0 rings (SSSR count). The van der Waals surface area contributed by atoms with Crippen LogP contribution in [0.5, 0.6) is 0 Å². The van der Waals surface area contributed by atoms with Crippen molar-refractivity contribution in [1.82, 2.24) is 14.3 Å². The van der Waals surface area contributed by atoms with E-state index in [1.165, 1.54) is 34.6 Å². The fourth-order valence-corrected chi connectivity index (χ4v) is 0.812. The molecular formula is C17H52N3O5PS2Si. The Balaban J connectivity index is -0.0000000575. The van der Waals surface area contributed by atoms with E-state index in [4.69, 9.17) is 0 Å². The van der Waals surface area contributed by atoms with Gasteiger partial charge in [0.05, 0.1) is 12.5 Å². The molecule has 186 valence electrons. The highest BCUT2D eigenvalue weighted by Gasteiger charge is 2.01. The van der Waals surface area contributed by atoms with Crippen LogP contribution in [0.15, 0.2) is 0 Å². The first-order valence-corrected chi connectivity index (χ1v) is 18.5. The Morgan fingerprint density at radius 1 is 0.793 bits per heavy atom. The molecule has 29 heavy (non-hydrogen) atoms. The zero-order valence-electron chi connectivity index (χ0n) is 22.1. The summed E-state index contributed by atoms with van der Waals surface area (Å²) in [6.45, 7) is 15.5. The number of hydrogen-bond donors (Lipinski definition) is 0. The highest BCUT2D eigenvalue weighted by atomic mass is 32.2. The Bertz CT molecular complexity index is 474. The van der Waals surface area contributed by atoms with Crippen molar-refractivity contribution in [3.8, 4) is 0 Å². The molecule has 0 amide bonds. The van der Waals surface area contributed by atoms with Gasteiger partial charge in [0.1, 0.15) is 0 Å². The SMILES string of the molecule is CCC.CN(C)C.CN(C)OS(C)(=O)=O.CN(C)S(C)(=O)=O.CP(C)C.C[SiH2]C. The first kappa shape index (κ1) is 43.3. The van der Waals surface area contributed by atoms with Crippen molar-refractivity contribution in [1.29, 1.82) is 0 Å². The minimum absolute atomic E-state index is 0.380. The van der Waals surface area contributed by atoms with Crippen molar-refractivity contribution in [2.75, 3.05) is 81.8 Å². The molecule has 0 N–H and O–H groups in total. The van der Waals surface area contributed by atoms with Crippen molar-refractivity contribution < 1.29 is 21.1 Å². The third kappa shape index (κ3) is 152. The molecule has 0 aliphatic heterocycles. The molecule has 0 saturated carbocycles. The zero-order valence-corrected chi connectivity index (χ0v) is 26.0. The second-order valence-electron chi connectivity index (χ2n) is 7.23. The maximum atomic E-state index is 10.3. The van der Waals surface area contributed by atoms with Crippen LogP contribution in [-0.2, 0) is 24.4 Å². The largest absolute Gasteiger partial charge is 0.312 e. The molecule has 0 radical (unpaired) electrons. The van der Waals surface area contributed by atoms with Crippen molar-refractivity contribution in [3.05, 3.63) is 0 Å². The summed E-state index contributed by atoms with van der Waals surface area (Å²) in [5.74, 6) is 0. The van der Waals surface area contributed by atoms with Crippen molar-refractivity contribution in [2.24, 2.45) is 0 Å². The van der Waals surface area contributed by atoms with E-state index in [-0.39, 0.29) is 0 Å². The van der Waals surface area contributed by atoms with E-state index in [1.807, 2.05) is 26.0 Å². The van der Waals surface area contributed by atoms with Gasteiger partial charge in [-0.2, -0.15) is 17.8 Å². The fraction of sp³-hybridized carbons (Fsp3) is 1.00. The summed E-state index contributed by atoms with van der Waals surface area (Å²) < 4.78 is 46.3. The number of hydroxylamine groups is 2. The van der Waals surface area contributed by atoms with E-state index in [2.05, 4.69) is 51.2 Å². The lowest BCUT2D eigenvalue weighted by atomic mass is 10.6. The topological polar surface area (TPSA) is 87.2 Å². The van der Waals surface area contributed by atoms with Crippen molar-refractivity contribution in [3.63, 3.8) is 0 Å². The van der Waals surface area contributed by atoms with E-state index < -0.39 is 20.1 Å². The average Bonchev–Trinajstić information content (AvgIpc) is 2.35.